The number of nitrogens with zero attached hydrogens (tertiary/aromatic N) is 5. The third kappa shape index (κ3) is 4.10. The highest BCUT2D eigenvalue weighted by atomic mass is 32.2. The SMILES string of the molecule is CCn1c(SC(C)C(=O)Nc2nnc(C)s2)nnc1-c1ccc(C)cc1. The lowest BCUT2D eigenvalue weighted by molar-refractivity contribution is -0.115. The molecule has 1 N–H and O–H groups in total. The number of amides is 1. The van der Waals surface area contributed by atoms with Crippen molar-refractivity contribution in [3.63, 3.8) is 0 Å². The zero-order valence-corrected chi connectivity index (χ0v) is 16.7. The van der Waals surface area contributed by atoms with Gasteiger partial charge >= 0.3 is 0 Å². The fourth-order valence-corrected chi connectivity index (χ4v) is 3.85. The van der Waals surface area contributed by atoms with Crippen molar-refractivity contribution in [2.24, 2.45) is 0 Å². The van der Waals surface area contributed by atoms with E-state index in [2.05, 4.69) is 44.8 Å². The summed E-state index contributed by atoms with van der Waals surface area (Å²) < 4.78 is 2.02. The molecule has 0 aliphatic rings. The molecular formula is C17H20N6OS2. The molecule has 1 unspecified atom stereocenters. The molecule has 7 nitrogen and oxygen atoms in total. The van der Waals surface area contributed by atoms with E-state index in [1.54, 1.807) is 0 Å². The summed E-state index contributed by atoms with van der Waals surface area (Å²) in [6.07, 6.45) is 0. The highest BCUT2D eigenvalue weighted by Gasteiger charge is 2.21. The van der Waals surface area contributed by atoms with E-state index in [0.29, 0.717) is 5.13 Å². The molecular weight excluding hydrogens is 368 g/mol. The summed E-state index contributed by atoms with van der Waals surface area (Å²) in [7, 11) is 0. The summed E-state index contributed by atoms with van der Waals surface area (Å²) >= 11 is 2.73. The Morgan fingerprint density at radius 1 is 1.19 bits per heavy atom. The van der Waals surface area contributed by atoms with Crippen molar-refractivity contribution in [2.75, 3.05) is 5.32 Å². The molecule has 1 atom stereocenters. The van der Waals surface area contributed by atoms with Crippen molar-refractivity contribution < 1.29 is 4.79 Å². The lowest BCUT2D eigenvalue weighted by atomic mass is 10.1. The summed E-state index contributed by atoms with van der Waals surface area (Å²) in [5.41, 5.74) is 2.21. The van der Waals surface area contributed by atoms with Gasteiger partial charge in [-0.3, -0.25) is 10.1 Å². The van der Waals surface area contributed by atoms with Crippen LogP contribution in [0.5, 0.6) is 0 Å². The van der Waals surface area contributed by atoms with Crippen molar-refractivity contribution in [1.82, 2.24) is 25.0 Å². The number of benzene rings is 1. The predicted octanol–water partition coefficient (Wildman–Crippen LogP) is 3.55. The van der Waals surface area contributed by atoms with E-state index in [1.165, 1.54) is 28.7 Å². The van der Waals surface area contributed by atoms with Gasteiger partial charge in [-0.05, 0) is 27.7 Å². The number of carbonyl (C=O) groups excluding carboxylic acids is 1. The lowest BCUT2D eigenvalue weighted by Gasteiger charge is -2.11. The molecule has 1 amide bonds. The summed E-state index contributed by atoms with van der Waals surface area (Å²) in [6, 6.07) is 8.18. The highest BCUT2D eigenvalue weighted by Crippen LogP contribution is 2.27. The van der Waals surface area contributed by atoms with Crippen LogP contribution >= 0.6 is 23.1 Å². The van der Waals surface area contributed by atoms with Crippen LogP contribution in [0.15, 0.2) is 29.4 Å². The van der Waals surface area contributed by atoms with Gasteiger partial charge in [0.05, 0.1) is 5.25 Å². The normalized spacial score (nSPS) is 12.2. The number of thioether (sulfide) groups is 1. The number of aryl methyl sites for hydroxylation is 2. The lowest BCUT2D eigenvalue weighted by Crippen LogP contribution is -2.22. The van der Waals surface area contributed by atoms with Crippen LogP contribution in [0.1, 0.15) is 24.4 Å². The van der Waals surface area contributed by atoms with Crippen LogP contribution < -0.4 is 5.32 Å². The Balaban J connectivity index is 1.75. The van der Waals surface area contributed by atoms with Crippen LogP contribution in [0, 0.1) is 13.8 Å². The minimum Gasteiger partial charge on any atom is -0.302 e. The maximum Gasteiger partial charge on any atom is 0.239 e. The van der Waals surface area contributed by atoms with Gasteiger partial charge in [-0.25, -0.2) is 0 Å². The average Bonchev–Trinajstić information content (AvgIpc) is 3.21. The average molecular weight is 389 g/mol. The Labute approximate surface area is 160 Å². The summed E-state index contributed by atoms with van der Waals surface area (Å²) in [5.74, 6) is 0.677. The van der Waals surface area contributed by atoms with Gasteiger partial charge in [0.25, 0.3) is 0 Å². The smallest absolute Gasteiger partial charge is 0.239 e. The largest absolute Gasteiger partial charge is 0.302 e. The first kappa shape index (κ1) is 18.5. The van der Waals surface area contributed by atoms with E-state index in [0.717, 1.165) is 28.1 Å². The third-order valence-electron chi connectivity index (χ3n) is 3.75. The van der Waals surface area contributed by atoms with Crippen molar-refractivity contribution in [1.29, 1.82) is 0 Å². The van der Waals surface area contributed by atoms with Crippen molar-refractivity contribution in [3.8, 4) is 11.4 Å². The zero-order valence-electron chi connectivity index (χ0n) is 15.1. The van der Waals surface area contributed by atoms with E-state index in [1.807, 2.05) is 37.5 Å². The first-order valence-electron chi connectivity index (χ1n) is 8.25. The molecule has 2 heterocycles. The van der Waals surface area contributed by atoms with Crippen LogP contribution in [-0.2, 0) is 11.3 Å². The Kier molecular flexibility index (Phi) is 5.67. The standard InChI is InChI=1S/C17H20N6OS2/c1-5-23-14(13-8-6-10(2)7-9-13)20-22-17(23)25-11(3)15(24)18-16-21-19-12(4)26-16/h6-9,11H,5H2,1-4H3,(H,18,21,24). The van der Waals surface area contributed by atoms with Gasteiger partial charge in [0.1, 0.15) is 5.01 Å². The van der Waals surface area contributed by atoms with Crippen molar-refractivity contribution >= 4 is 34.1 Å². The van der Waals surface area contributed by atoms with Gasteiger partial charge in [0.2, 0.25) is 11.0 Å². The van der Waals surface area contributed by atoms with Crippen LogP contribution in [0.3, 0.4) is 0 Å². The number of hydrogen-bond donors (Lipinski definition) is 1. The molecule has 136 valence electrons. The molecule has 1 aromatic carbocycles. The van der Waals surface area contributed by atoms with E-state index in [9.17, 15) is 4.79 Å². The monoisotopic (exact) mass is 388 g/mol. The highest BCUT2D eigenvalue weighted by molar-refractivity contribution is 8.00. The Morgan fingerprint density at radius 2 is 1.92 bits per heavy atom. The van der Waals surface area contributed by atoms with Gasteiger partial charge < -0.3 is 4.57 Å². The van der Waals surface area contributed by atoms with Crippen LogP contribution in [-0.4, -0.2) is 36.1 Å². The fourth-order valence-electron chi connectivity index (χ4n) is 2.34. The first-order valence-corrected chi connectivity index (χ1v) is 9.95. The molecule has 0 saturated heterocycles. The molecule has 3 aromatic rings. The molecule has 0 bridgehead atoms. The third-order valence-corrected chi connectivity index (χ3v) is 5.59. The van der Waals surface area contributed by atoms with Crippen LogP contribution in [0.2, 0.25) is 0 Å². The quantitative estimate of drug-likeness (QED) is 0.650. The summed E-state index contributed by atoms with van der Waals surface area (Å²) in [4.78, 5) is 12.4. The van der Waals surface area contributed by atoms with Gasteiger partial charge in [-0.1, -0.05) is 52.9 Å². The first-order chi connectivity index (χ1) is 12.5. The Morgan fingerprint density at radius 3 is 2.54 bits per heavy atom. The molecule has 26 heavy (non-hydrogen) atoms. The maximum atomic E-state index is 12.4. The number of hydrogen-bond acceptors (Lipinski definition) is 7. The zero-order chi connectivity index (χ0) is 18.7. The maximum absolute atomic E-state index is 12.4. The molecule has 0 aliphatic heterocycles. The van der Waals surface area contributed by atoms with E-state index in [-0.39, 0.29) is 11.2 Å². The number of aromatic nitrogens is 5. The minimum absolute atomic E-state index is 0.131. The summed E-state index contributed by atoms with van der Waals surface area (Å²) in [5, 5.41) is 21.0. The van der Waals surface area contributed by atoms with Gasteiger partial charge in [0, 0.05) is 12.1 Å². The molecule has 3 rings (SSSR count). The second-order valence-electron chi connectivity index (χ2n) is 5.79. The van der Waals surface area contributed by atoms with Crippen molar-refractivity contribution in [3.05, 3.63) is 34.8 Å². The molecule has 9 heteroatoms. The van der Waals surface area contributed by atoms with Crippen molar-refractivity contribution in [2.45, 2.75) is 44.6 Å². The molecule has 0 saturated carbocycles. The van der Waals surface area contributed by atoms with Gasteiger partial charge in [-0.2, -0.15) is 0 Å². The number of anilines is 1. The Hall–Kier alpha value is -2.26. The number of nitrogens with one attached hydrogen (secondary N) is 1. The minimum atomic E-state index is -0.334. The van der Waals surface area contributed by atoms with E-state index >= 15 is 0 Å². The second-order valence-corrected chi connectivity index (χ2v) is 8.28. The summed E-state index contributed by atoms with van der Waals surface area (Å²) in [6.45, 7) is 8.51. The van der Waals surface area contributed by atoms with Crippen LogP contribution in [0.4, 0.5) is 5.13 Å². The topological polar surface area (TPSA) is 85.6 Å². The molecule has 0 spiro atoms. The van der Waals surface area contributed by atoms with Gasteiger partial charge in [-0.15, -0.1) is 20.4 Å². The predicted molar refractivity (Wildman–Crippen MR) is 104 cm³/mol. The van der Waals surface area contributed by atoms with E-state index < -0.39 is 0 Å². The Bertz CT molecular complexity index is 902. The molecule has 0 fully saturated rings. The van der Waals surface area contributed by atoms with E-state index in [4.69, 9.17) is 0 Å². The van der Waals surface area contributed by atoms with Gasteiger partial charge in [0.15, 0.2) is 11.0 Å². The molecule has 2 aromatic heterocycles. The number of carbonyl (C=O) groups is 1. The van der Waals surface area contributed by atoms with Crippen LogP contribution in [0.25, 0.3) is 11.4 Å². The number of rotatable bonds is 6. The molecule has 0 aliphatic carbocycles. The fraction of sp³-hybridized carbons (Fsp3) is 0.353. The molecule has 0 radical (unpaired) electrons. The second kappa shape index (κ2) is 7.96.